The maximum absolute atomic E-state index is 5.79. The summed E-state index contributed by atoms with van der Waals surface area (Å²) in [4.78, 5) is 2.22. The molecule has 4 nitrogen and oxygen atoms in total. The maximum atomic E-state index is 5.79. The Labute approximate surface area is 114 Å². The Morgan fingerprint density at radius 3 is 2.68 bits per heavy atom. The highest BCUT2D eigenvalue weighted by Gasteiger charge is 2.10. The zero-order valence-corrected chi connectivity index (χ0v) is 11.9. The second-order valence-corrected chi connectivity index (χ2v) is 4.79. The molecule has 2 rings (SSSR count). The molecule has 0 fully saturated rings. The van der Waals surface area contributed by atoms with Gasteiger partial charge >= 0.3 is 0 Å². The topological polar surface area (TPSA) is 47.1 Å². The smallest absolute Gasteiger partial charge is 0.0625 e. The van der Waals surface area contributed by atoms with Gasteiger partial charge in [0.15, 0.2) is 0 Å². The lowest BCUT2D eigenvalue weighted by Crippen LogP contribution is -2.20. The molecule has 0 spiro atoms. The van der Waals surface area contributed by atoms with Crippen molar-refractivity contribution in [1.82, 2.24) is 9.78 Å². The Hall–Kier alpha value is -1.81. The predicted octanol–water partition coefficient (Wildman–Crippen LogP) is 2.08. The van der Waals surface area contributed by atoms with Gasteiger partial charge in [-0.05, 0) is 24.1 Å². The lowest BCUT2D eigenvalue weighted by molar-refractivity contribution is 0.688. The van der Waals surface area contributed by atoms with Gasteiger partial charge in [-0.2, -0.15) is 5.10 Å². The van der Waals surface area contributed by atoms with E-state index >= 15 is 0 Å². The van der Waals surface area contributed by atoms with Gasteiger partial charge < -0.3 is 10.6 Å². The highest BCUT2D eigenvalue weighted by atomic mass is 15.3. The van der Waals surface area contributed by atoms with E-state index in [-0.39, 0.29) is 0 Å². The third kappa shape index (κ3) is 2.96. The zero-order chi connectivity index (χ0) is 13.8. The van der Waals surface area contributed by atoms with Crippen LogP contribution in [0.5, 0.6) is 0 Å². The minimum atomic E-state index is 0.562. The SMILES string of the molecule is CCc1cc(CN(C)c2ccccc2CN)n(C)n1. The highest BCUT2D eigenvalue weighted by molar-refractivity contribution is 5.53. The van der Waals surface area contributed by atoms with Crippen molar-refractivity contribution in [3.63, 3.8) is 0 Å². The summed E-state index contributed by atoms with van der Waals surface area (Å²) in [5.41, 5.74) is 10.5. The molecule has 2 N–H and O–H groups in total. The molecule has 0 atom stereocenters. The van der Waals surface area contributed by atoms with Crippen molar-refractivity contribution in [3.05, 3.63) is 47.3 Å². The molecular formula is C15H22N4. The standard InChI is InChI=1S/C15H22N4/c1-4-13-9-14(19(3)17-13)11-18(2)15-8-6-5-7-12(15)10-16/h5-9H,4,10-11,16H2,1-3H3. The number of aromatic nitrogens is 2. The summed E-state index contributed by atoms with van der Waals surface area (Å²) in [7, 11) is 4.09. The Bertz CT molecular complexity index is 545. The first kappa shape index (κ1) is 13.6. The summed E-state index contributed by atoms with van der Waals surface area (Å²) in [6, 6.07) is 10.4. The molecule has 102 valence electrons. The van der Waals surface area contributed by atoms with Crippen LogP contribution in [-0.4, -0.2) is 16.8 Å². The van der Waals surface area contributed by atoms with E-state index in [1.54, 1.807) is 0 Å². The number of hydrogen-bond acceptors (Lipinski definition) is 3. The average Bonchev–Trinajstić information content (AvgIpc) is 2.79. The fourth-order valence-corrected chi connectivity index (χ4v) is 2.28. The van der Waals surface area contributed by atoms with Crippen LogP contribution in [0.25, 0.3) is 0 Å². The van der Waals surface area contributed by atoms with Crippen LogP contribution >= 0.6 is 0 Å². The van der Waals surface area contributed by atoms with Crippen LogP contribution in [0.1, 0.15) is 23.9 Å². The summed E-state index contributed by atoms with van der Waals surface area (Å²) in [6.07, 6.45) is 0.969. The molecule has 0 radical (unpaired) electrons. The van der Waals surface area contributed by atoms with Crippen molar-refractivity contribution in [3.8, 4) is 0 Å². The van der Waals surface area contributed by atoms with Gasteiger partial charge in [-0.15, -0.1) is 0 Å². The van der Waals surface area contributed by atoms with Gasteiger partial charge in [0, 0.05) is 26.3 Å². The monoisotopic (exact) mass is 258 g/mol. The minimum absolute atomic E-state index is 0.562. The Balaban J connectivity index is 2.20. The van der Waals surface area contributed by atoms with Gasteiger partial charge in [0.05, 0.1) is 17.9 Å². The summed E-state index contributed by atoms with van der Waals surface area (Å²) in [5, 5.41) is 4.48. The van der Waals surface area contributed by atoms with E-state index in [0.717, 1.165) is 18.7 Å². The number of hydrogen-bond donors (Lipinski definition) is 1. The second-order valence-electron chi connectivity index (χ2n) is 4.79. The lowest BCUT2D eigenvalue weighted by Gasteiger charge is -2.22. The van der Waals surface area contributed by atoms with Gasteiger partial charge in [0.25, 0.3) is 0 Å². The molecule has 0 aliphatic rings. The van der Waals surface area contributed by atoms with E-state index in [1.807, 2.05) is 23.9 Å². The zero-order valence-electron chi connectivity index (χ0n) is 11.9. The molecule has 1 aromatic carbocycles. The maximum Gasteiger partial charge on any atom is 0.0625 e. The van der Waals surface area contributed by atoms with Crippen molar-refractivity contribution in [2.75, 3.05) is 11.9 Å². The molecule has 1 aromatic heterocycles. The van der Waals surface area contributed by atoms with Crippen molar-refractivity contribution >= 4 is 5.69 Å². The Morgan fingerprint density at radius 2 is 2.05 bits per heavy atom. The van der Waals surface area contributed by atoms with Crippen LogP contribution in [0, 0.1) is 0 Å². The molecule has 0 saturated carbocycles. The summed E-state index contributed by atoms with van der Waals surface area (Å²) in [6.45, 7) is 3.52. The van der Waals surface area contributed by atoms with Gasteiger partial charge in [0.1, 0.15) is 0 Å². The summed E-state index contributed by atoms with van der Waals surface area (Å²) < 4.78 is 1.96. The largest absolute Gasteiger partial charge is 0.368 e. The van der Waals surface area contributed by atoms with E-state index in [4.69, 9.17) is 5.73 Å². The Kier molecular flexibility index (Phi) is 4.22. The second kappa shape index (κ2) is 5.89. The van der Waals surface area contributed by atoms with Gasteiger partial charge in [-0.1, -0.05) is 25.1 Å². The lowest BCUT2D eigenvalue weighted by atomic mass is 10.1. The Morgan fingerprint density at radius 1 is 1.32 bits per heavy atom. The quantitative estimate of drug-likeness (QED) is 0.893. The van der Waals surface area contributed by atoms with Crippen LogP contribution in [0.15, 0.2) is 30.3 Å². The van der Waals surface area contributed by atoms with Crippen molar-refractivity contribution in [1.29, 1.82) is 0 Å². The molecule has 2 aromatic rings. The van der Waals surface area contributed by atoms with Gasteiger partial charge in [-0.25, -0.2) is 0 Å². The molecule has 0 amide bonds. The van der Waals surface area contributed by atoms with Crippen molar-refractivity contribution < 1.29 is 0 Å². The normalized spacial score (nSPS) is 10.7. The predicted molar refractivity (Wildman–Crippen MR) is 79.0 cm³/mol. The number of nitrogens with zero attached hydrogens (tertiary/aromatic N) is 3. The van der Waals surface area contributed by atoms with Crippen molar-refractivity contribution in [2.24, 2.45) is 12.8 Å². The molecule has 19 heavy (non-hydrogen) atoms. The number of aryl methyl sites for hydroxylation is 2. The molecular weight excluding hydrogens is 236 g/mol. The number of nitrogens with two attached hydrogens (primary N) is 1. The number of para-hydroxylation sites is 1. The van der Waals surface area contributed by atoms with Gasteiger partial charge in [0.2, 0.25) is 0 Å². The van der Waals surface area contributed by atoms with E-state index in [1.165, 1.54) is 16.9 Å². The van der Waals surface area contributed by atoms with Gasteiger partial charge in [-0.3, -0.25) is 4.68 Å². The van der Waals surface area contributed by atoms with Crippen LogP contribution in [0.4, 0.5) is 5.69 Å². The average molecular weight is 258 g/mol. The summed E-state index contributed by atoms with van der Waals surface area (Å²) in [5.74, 6) is 0. The van der Waals surface area contributed by atoms with E-state index in [2.05, 4.69) is 42.2 Å². The van der Waals surface area contributed by atoms with E-state index in [0.29, 0.717) is 6.54 Å². The first-order valence-corrected chi connectivity index (χ1v) is 6.66. The molecule has 0 saturated heterocycles. The van der Waals surface area contributed by atoms with Crippen LogP contribution < -0.4 is 10.6 Å². The van der Waals surface area contributed by atoms with Crippen molar-refractivity contribution in [2.45, 2.75) is 26.4 Å². The molecule has 1 heterocycles. The number of benzene rings is 1. The molecule has 0 bridgehead atoms. The first-order chi connectivity index (χ1) is 9.15. The molecule has 0 unspecified atom stereocenters. The minimum Gasteiger partial charge on any atom is -0.368 e. The first-order valence-electron chi connectivity index (χ1n) is 6.66. The molecule has 0 aliphatic heterocycles. The van der Waals surface area contributed by atoms with E-state index < -0.39 is 0 Å². The third-order valence-corrected chi connectivity index (χ3v) is 3.41. The molecule has 4 heteroatoms. The fraction of sp³-hybridized carbons (Fsp3) is 0.400. The van der Waals surface area contributed by atoms with Crippen LogP contribution in [0.3, 0.4) is 0 Å². The molecule has 0 aliphatic carbocycles. The third-order valence-electron chi connectivity index (χ3n) is 3.41. The van der Waals surface area contributed by atoms with Crippen LogP contribution in [-0.2, 0) is 26.6 Å². The number of rotatable bonds is 5. The summed E-state index contributed by atoms with van der Waals surface area (Å²) >= 11 is 0. The fourth-order valence-electron chi connectivity index (χ4n) is 2.28. The van der Waals surface area contributed by atoms with E-state index in [9.17, 15) is 0 Å². The number of anilines is 1. The van der Waals surface area contributed by atoms with Crippen LogP contribution in [0.2, 0.25) is 0 Å². The highest BCUT2D eigenvalue weighted by Crippen LogP contribution is 2.20.